The SMILES string of the molecule is C=CCN(C(=O)[C@@H]1[C@H]2C(=O)N([C@@H](CO)CC(C)C)C(C(=O)N(CC=C)c3cc(C)ccc3C)C23CC[C@H]1O3)c1ccccc1. The summed E-state index contributed by atoms with van der Waals surface area (Å²) in [7, 11) is 0. The van der Waals surface area contributed by atoms with Gasteiger partial charge in [-0.15, -0.1) is 13.2 Å². The number of aliphatic hydroxyl groups excluding tert-OH is 1. The number of hydrogen-bond donors (Lipinski definition) is 1. The lowest BCUT2D eigenvalue weighted by atomic mass is 9.70. The summed E-state index contributed by atoms with van der Waals surface area (Å²) in [5.41, 5.74) is 2.20. The number of carbonyl (C=O) groups is 3. The summed E-state index contributed by atoms with van der Waals surface area (Å²) in [5, 5.41) is 10.6. The summed E-state index contributed by atoms with van der Waals surface area (Å²) in [4.78, 5) is 49.0. The highest BCUT2D eigenvalue weighted by molar-refractivity contribution is 6.07. The maximum absolute atomic E-state index is 14.9. The fourth-order valence-electron chi connectivity index (χ4n) is 7.70. The van der Waals surface area contributed by atoms with Gasteiger partial charge in [0.2, 0.25) is 11.8 Å². The van der Waals surface area contributed by atoms with Crippen molar-refractivity contribution in [1.29, 1.82) is 0 Å². The summed E-state index contributed by atoms with van der Waals surface area (Å²) in [6, 6.07) is 13.7. The third-order valence-electron chi connectivity index (χ3n) is 9.48. The first-order valence-electron chi connectivity index (χ1n) is 15.7. The van der Waals surface area contributed by atoms with Gasteiger partial charge in [0.05, 0.1) is 30.6 Å². The molecule has 2 aromatic rings. The number of para-hydroxylation sites is 1. The van der Waals surface area contributed by atoms with Crippen molar-refractivity contribution in [3.63, 3.8) is 0 Å². The number of benzene rings is 2. The highest BCUT2D eigenvalue weighted by Gasteiger charge is 2.75. The molecule has 6 atom stereocenters. The van der Waals surface area contributed by atoms with Gasteiger partial charge in [-0.05, 0) is 68.4 Å². The number of aliphatic hydroxyl groups is 1. The second-order valence-electron chi connectivity index (χ2n) is 12.9. The number of ether oxygens (including phenoxy) is 1. The minimum absolute atomic E-state index is 0.160. The van der Waals surface area contributed by atoms with Gasteiger partial charge in [-0.25, -0.2) is 0 Å². The van der Waals surface area contributed by atoms with Crippen LogP contribution >= 0.6 is 0 Å². The van der Waals surface area contributed by atoms with Crippen LogP contribution in [0, 0.1) is 31.6 Å². The Balaban J connectivity index is 1.62. The monoisotopic (exact) mass is 599 g/mol. The van der Waals surface area contributed by atoms with Crippen molar-refractivity contribution in [3.8, 4) is 0 Å². The van der Waals surface area contributed by atoms with Crippen LogP contribution in [0.4, 0.5) is 11.4 Å². The van der Waals surface area contributed by atoms with Gasteiger partial charge >= 0.3 is 0 Å². The lowest BCUT2D eigenvalue weighted by Gasteiger charge is -2.40. The Morgan fingerprint density at radius 3 is 2.39 bits per heavy atom. The number of aryl methyl sites for hydroxylation is 2. The highest BCUT2D eigenvalue weighted by Crippen LogP contribution is 2.59. The number of anilines is 2. The summed E-state index contributed by atoms with van der Waals surface area (Å²) in [5.74, 6) is -2.23. The summed E-state index contributed by atoms with van der Waals surface area (Å²) < 4.78 is 6.74. The van der Waals surface area contributed by atoms with E-state index >= 15 is 0 Å². The Labute approximate surface area is 261 Å². The van der Waals surface area contributed by atoms with Crippen molar-refractivity contribution >= 4 is 29.1 Å². The van der Waals surface area contributed by atoms with E-state index in [9.17, 15) is 19.5 Å². The molecule has 8 nitrogen and oxygen atoms in total. The number of carbonyl (C=O) groups excluding carboxylic acids is 3. The third kappa shape index (κ3) is 5.28. The normalized spacial score (nSPS) is 26.0. The van der Waals surface area contributed by atoms with Crippen LogP contribution in [0.1, 0.15) is 44.2 Å². The molecule has 1 spiro atoms. The topological polar surface area (TPSA) is 90.4 Å². The van der Waals surface area contributed by atoms with Gasteiger partial charge in [0.15, 0.2) is 0 Å². The van der Waals surface area contributed by atoms with Crippen LogP contribution < -0.4 is 9.80 Å². The van der Waals surface area contributed by atoms with Gasteiger partial charge in [-0.2, -0.15) is 0 Å². The molecule has 234 valence electrons. The van der Waals surface area contributed by atoms with Crippen molar-refractivity contribution in [2.24, 2.45) is 17.8 Å². The molecule has 3 heterocycles. The minimum atomic E-state index is -1.18. The first-order valence-corrected chi connectivity index (χ1v) is 15.7. The van der Waals surface area contributed by atoms with E-state index in [4.69, 9.17) is 4.74 Å². The second-order valence-corrected chi connectivity index (χ2v) is 12.9. The van der Waals surface area contributed by atoms with Crippen molar-refractivity contribution < 1.29 is 24.2 Å². The molecule has 3 aliphatic rings. The molecule has 0 aromatic heterocycles. The van der Waals surface area contributed by atoms with E-state index in [-0.39, 0.29) is 43.3 Å². The van der Waals surface area contributed by atoms with Gasteiger partial charge in [0, 0.05) is 24.5 Å². The Morgan fingerprint density at radius 1 is 1.07 bits per heavy atom. The molecule has 2 unspecified atom stereocenters. The Hall–Kier alpha value is -3.75. The van der Waals surface area contributed by atoms with Gasteiger partial charge in [0.25, 0.3) is 5.91 Å². The van der Waals surface area contributed by atoms with E-state index in [0.29, 0.717) is 24.9 Å². The van der Waals surface area contributed by atoms with Gasteiger partial charge in [0.1, 0.15) is 11.6 Å². The molecule has 5 rings (SSSR count). The predicted molar refractivity (Wildman–Crippen MR) is 172 cm³/mol. The standard InChI is InChI=1S/C36H45N3O5/c1-7-18-37(26-12-10-9-11-13-26)33(41)30-29-16-17-36(44-29)31(30)34(42)39(27(22-40)20-23(3)4)32(36)35(43)38(19-8-2)28-21-24(5)14-15-25(28)6/h7-15,21,23,27,29-32,40H,1-2,16-20,22H2,3-6H3/t27-,29-,30+,31+,32?,36?/m1/s1. The van der Waals surface area contributed by atoms with Gasteiger partial charge in [-0.1, -0.05) is 56.3 Å². The summed E-state index contributed by atoms with van der Waals surface area (Å²) in [6.45, 7) is 16.0. The van der Waals surface area contributed by atoms with Gasteiger partial charge < -0.3 is 24.5 Å². The number of fused-ring (bicyclic) bond motifs is 1. The van der Waals surface area contributed by atoms with Crippen LogP contribution in [0.5, 0.6) is 0 Å². The number of nitrogens with zero attached hydrogens (tertiary/aromatic N) is 3. The highest BCUT2D eigenvalue weighted by atomic mass is 16.5. The van der Waals surface area contributed by atoms with Crippen molar-refractivity contribution in [2.75, 3.05) is 29.5 Å². The van der Waals surface area contributed by atoms with E-state index in [1.165, 1.54) is 0 Å². The first kappa shape index (κ1) is 31.7. The minimum Gasteiger partial charge on any atom is -0.394 e. The molecule has 2 aromatic carbocycles. The van der Waals surface area contributed by atoms with E-state index in [1.54, 1.807) is 26.9 Å². The zero-order valence-corrected chi connectivity index (χ0v) is 26.3. The second kappa shape index (κ2) is 12.7. The molecule has 0 aliphatic carbocycles. The zero-order valence-electron chi connectivity index (χ0n) is 26.3. The average molecular weight is 600 g/mol. The first-order chi connectivity index (χ1) is 21.1. The molecule has 1 N–H and O–H groups in total. The van der Waals surface area contributed by atoms with E-state index < -0.39 is 35.6 Å². The molecule has 2 bridgehead atoms. The third-order valence-corrected chi connectivity index (χ3v) is 9.48. The smallest absolute Gasteiger partial charge is 0.253 e. The number of hydrogen-bond acceptors (Lipinski definition) is 5. The number of rotatable bonds is 12. The van der Waals surface area contributed by atoms with Crippen LogP contribution in [-0.2, 0) is 19.1 Å². The fourth-order valence-corrected chi connectivity index (χ4v) is 7.70. The van der Waals surface area contributed by atoms with Crippen LogP contribution in [-0.4, -0.2) is 71.2 Å². The van der Waals surface area contributed by atoms with E-state index in [0.717, 1.165) is 16.8 Å². The van der Waals surface area contributed by atoms with Crippen molar-refractivity contribution in [2.45, 2.75) is 70.7 Å². The molecule has 0 saturated carbocycles. The predicted octanol–water partition coefficient (Wildman–Crippen LogP) is 4.82. The van der Waals surface area contributed by atoms with Crippen molar-refractivity contribution in [3.05, 3.63) is 85.0 Å². The lowest BCUT2D eigenvalue weighted by molar-refractivity contribution is -0.144. The number of amides is 3. The number of likely N-dealkylation sites (tertiary alicyclic amines) is 1. The largest absolute Gasteiger partial charge is 0.394 e. The van der Waals surface area contributed by atoms with Gasteiger partial charge in [-0.3, -0.25) is 14.4 Å². The quantitative estimate of drug-likeness (QED) is 0.353. The average Bonchev–Trinajstić information content (AvgIpc) is 3.66. The summed E-state index contributed by atoms with van der Waals surface area (Å²) in [6.07, 6.45) is 4.41. The maximum Gasteiger partial charge on any atom is 0.253 e. The molecule has 0 radical (unpaired) electrons. The molecule has 3 aliphatic heterocycles. The fraction of sp³-hybridized carbons (Fsp3) is 0.472. The van der Waals surface area contributed by atoms with Crippen LogP contribution in [0.25, 0.3) is 0 Å². The van der Waals surface area contributed by atoms with Crippen LogP contribution in [0.15, 0.2) is 73.8 Å². The lowest BCUT2D eigenvalue weighted by Crippen LogP contribution is -2.59. The van der Waals surface area contributed by atoms with E-state index in [1.807, 2.05) is 76.2 Å². The molecule has 3 fully saturated rings. The Morgan fingerprint density at radius 2 is 1.75 bits per heavy atom. The summed E-state index contributed by atoms with van der Waals surface area (Å²) >= 11 is 0. The Bertz CT molecular complexity index is 1420. The van der Waals surface area contributed by atoms with Crippen LogP contribution in [0.2, 0.25) is 0 Å². The molecular weight excluding hydrogens is 554 g/mol. The molecular formula is C36H45N3O5. The van der Waals surface area contributed by atoms with Crippen LogP contribution in [0.3, 0.4) is 0 Å². The van der Waals surface area contributed by atoms with E-state index in [2.05, 4.69) is 13.2 Å². The molecule has 3 saturated heterocycles. The molecule has 3 amide bonds. The molecule has 8 heteroatoms. The zero-order chi connectivity index (χ0) is 31.8. The molecule has 44 heavy (non-hydrogen) atoms. The Kier molecular flexibility index (Phi) is 9.14. The maximum atomic E-state index is 14.9. The van der Waals surface area contributed by atoms with Crippen molar-refractivity contribution in [1.82, 2.24) is 4.90 Å².